The molecule has 0 fully saturated rings. The lowest BCUT2D eigenvalue weighted by Crippen LogP contribution is -2.26. The Bertz CT molecular complexity index is 1650. The van der Waals surface area contributed by atoms with Crippen LogP contribution in [0.2, 0.25) is 0 Å². The molecule has 39 heavy (non-hydrogen) atoms. The Morgan fingerprint density at radius 1 is 1.08 bits per heavy atom. The molecule has 6 heteroatoms. The second-order valence-corrected chi connectivity index (χ2v) is 10.7. The van der Waals surface area contributed by atoms with E-state index in [-0.39, 0.29) is 16.8 Å². The number of fused-ring (bicyclic) bond motifs is 1. The van der Waals surface area contributed by atoms with Crippen molar-refractivity contribution in [3.05, 3.63) is 116 Å². The van der Waals surface area contributed by atoms with Crippen LogP contribution in [0.25, 0.3) is 16.5 Å². The van der Waals surface area contributed by atoms with Gasteiger partial charge in [-0.3, -0.25) is 4.79 Å². The number of aryl methyl sites for hydroxylation is 2. The van der Waals surface area contributed by atoms with Crippen molar-refractivity contribution in [2.45, 2.75) is 53.0 Å². The fourth-order valence-corrected chi connectivity index (χ4v) is 6.00. The first-order chi connectivity index (χ1) is 18.7. The van der Waals surface area contributed by atoms with Gasteiger partial charge in [-0.2, -0.15) is 0 Å². The van der Waals surface area contributed by atoms with Gasteiger partial charge >= 0.3 is 5.97 Å². The van der Waals surface area contributed by atoms with Crippen LogP contribution in [-0.2, 0) is 12.6 Å². The summed E-state index contributed by atoms with van der Waals surface area (Å²) in [5, 5.41) is 10.2. The molecule has 4 rings (SSSR count). The van der Waals surface area contributed by atoms with E-state index in [0.717, 1.165) is 37.5 Å². The molecule has 0 bridgehead atoms. The van der Waals surface area contributed by atoms with Gasteiger partial charge in [-0.05, 0) is 73.2 Å². The number of carbonyl (C=O) groups is 1. The fraction of sp³-hybridized carbons (Fsp3) is 0.242. The first kappa shape index (κ1) is 28.3. The largest absolute Gasteiger partial charge is 0.478 e. The zero-order valence-corrected chi connectivity index (χ0v) is 24.0. The van der Waals surface area contributed by atoms with E-state index in [1.165, 1.54) is 11.1 Å². The van der Waals surface area contributed by atoms with Crippen LogP contribution in [-0.4, -0.2) is 24.2 Å². The summed E-state index contributed by atoms with van der Waals surface area (Å²) in [6, 6.07) is 19.3. The number of hydrogen-bond acceptors (Lipinski definition) is 3. The van der Waals surface area contributed by atoms with Gasteiger partial charge in [0.1, 0.15) is 11.3 Å². The molecular formula is C33H33BO4P. The first-order valence-electron chi connectivity index (χ1n) is 13.2. The molecule has 0 amide bonds. The topological polar surface area (TPSA) is 67.5 Å². The number of allylic oxidation sites excluding steroid dienone is 2. The molecule has 0 spiro atoms. The fourth-order valence-electron chi connectivity index (χ4n) is 4.94. The predicted molar refractivity (Wildman–Crippen MR) is 165 cm³/mol. The predicted octanol–water partition coefficient (Wildman–Crippen LogP) is 7.11. The molecule has 0 saturated heterocycles. The van der Waals surface area contributed by atoms with Crippen LogP contribution < -0.4 is 10.9 Å². The van der Waals surface area contributed by atoms with Gasteiger partial charge < -0.3 is 9.52 Å². The first-order valence-corrected chi connectivity index (χ1v) is 14.4. The molecule has 197 valence electrons. The van der Waals surface area contributed by atoms with Crippen LogP contribution in [0.3, 0.4) is 0 Å². The number of aromatic carboxylic acids is 1. The summed E-state index contributed by atoms with van der Waals surface area (Å²) in [5.74, 6) is 1.54. The molecule has 1 aromatic heterocycles. The Morgan fingerprint density at radius 3 is 2.46 bits per heavy atom. The summed E-state index contributed by atoms with van der Waals surface area (Å²) in [4.78, 5) is 25.3. The minimum Gasteiger partial charge on any atom is -0.478 e. The van der Waals surface area contributed by atoms with E-state index in [4.69, 9.17) is 4.42 Å². The van der Waals surface area contributed by atoms with Crippen LogP contribution in [0, 0.1) is 13.8 Å². The van der Waals surface area contributed by atoms with Crippen molar-refractivity contribution in [2.24, 2.45) is 0 Å². The monoisotopic (exact) mass is 535 g/mol. The lowest BCUT2D eigenvalue weighted by atomic mass is 9.56. The molecule has 1 radical (unpaired) electrons. The third kappa shape index (κ3) is 6.15. The average Bonchev–Trinajstić information content (AvgIpc) is 2.93. The van der Waals surface area contributed by atoms with Gasteiger partial charge in [0.2, 0.25) is 0 Å². The Morgan fingerprint density at radius 2 is 1.77 bits per heavy atom. The van der Waals surface area contributed by atoms with Crippen LogP contribution in [0.4, 0.5) is 0 Å². The second-order valence-electron chi connectivity index (χ2n) is 9.80. The van der Waals surface area contributed by atoms with E-state index in [9.17, 15) is 14.7 Å². The van der Waals surface area contributed by atoms with E-state index in [0.29, 0.717) is 27.8 Å². The lowest BCUT2D eigenvalue weighted by molar-refractivity contribution is 0.0698. The highest BCUT2D eigenvalue weighted by atomic mass is 31.1. The van der Waals surface area contributed by atoms with Gasteiger partial charge in [0.15, 0.2) is 12.7 Å². The number of carboxylic acids is 1. The number of hydrogen-bond donors (Lipinski definition) is 1. The normalized spacial score (nSPS) is 12.7. The summed E-state index contributed by atoms with van der Waals surface area (Å²) in [6.07, 6.45) is 3.87. The minimum absolute atomic E-state index is 0.0462. The highest BCUT2D eigenvalue weighted by Crippen LogP contribution is 2.30. The van der Waals surface area contributed by atoms with Gasteiger partial charge in [-0.15, -0.1) is 0 Å². The van der Waals surface area contributed by atoms with Gasteiger partial charge in [-0.1, -0.05) is 82.1 Å². The molecule has 0 aliphatic rings. The van der Waals surface area contributed by atoms with Crippen molar-refractivity contribution in [3.8, 4) is 0 Å². The van der Waals surface area contributed by atoms with E-state index < -0.39 is 5.97 Å². The maximum Gasteiger partial charge on any atom is 0.335 e. The standard InChI is InChI=1S/C33H33BO4P/c1-6-23-12-8-9-13-25(23)19-39-18-24(7-2)31-21(4)30(35)28-17-20(3)16-27(32(28)38-31)22(5)34-29-15-11-10-14-26(29)33(36)37/h7-18,22H,6,19H2,1-5H3,(H,36,37)/b24-7+. The number of rotatable bonds is 9. The molecular weight excluding hydrogens is 502 g/mol. The third-order valence-corrected chi connectivity index (χ3v) is 8.05. The Labute approximate surface area is 232 Å². The van der Waals surface area contributed by atoms with Crippen LogP contribution in [0.15, 0.2) is 76.0 Å². The van der Waals surface area contributed by atoms with Crippen LogP contribution in [0.1, 0.15) is 70.5 Å². The van der Waals surface area contributed by atoms with Gasteiger partial charge in [0.05, 0.1) is 10.9 Å². The van der Waals surface area contributed by atoms with Gasteiger partial charge in [0.25, 0.3) is 0 Å². The smallest absolute Gasteiger partial charge is 0.335 e. The molecule has 1 unspecified atom stereocenters. The van der Waals surface area contributed by atoms with E-state index in [2.05, 4.69) is 37.0 Å². The molecule has 0 aliphatic carbocycles. The summed E-state index contributed by atoms with van der Waals surface area (Å²) in [5.41, 5.74) is 7.34. The molecule has 1 heterocycles. The van der Waals surface area contributed by atoms with E-state index in [1.807, 2.05) is 59.2 Å². The van der Waals surface area contributed by atoms with Crippen molar-refractivity contribution in [3.63, 3.8) is 0 Å². The van der Waals surface area contributed by atoms with Crippen molar-refractivity contribution < 1.29 is 14.3 Å². The minimum atomic E-state index is -0.971. The van der Waals surface area contributed by atoms with Crippen molar-refractivity contribution in [1.82, 2.24) is 0 Å². The van der Waals surface area contributed by atoms with E-state index >= 15 is 0 Å². The molecule has 4 aromatic rings. The maximum atomic E-state index is 13.6. The molecule has 3 aromatic carbocycles. The third-order valence-electron chi connectivity index (χ3n) is 7.07. The summed E-state index contributed by atoms with van der Waals surface area (Å²) in [6.45, 7) is 9.91. The molecule has 1 N–H and O–H groups in total. The Balaban J connectivity index is 1.76. The second kappa shape index (κ2) is 12.4. The van der Waals surface area contributed by atoms with Crippen molar-refractivity contribution in [2.75, 3.05) is 0 Å². The summed E-state index contributed by atoms with van der Waals surface area (Å²) >= 11 is 0. The Hall–Kier alpha value is -3.69. The molecule has 0 aliphatic heterocycles. The summed E-state index contributed by atoms with van der Waals surface area (Å²) < 4.78 is 6.56. The van der Waals surface area contributed by atoms with Gasteiger partial charge in [0, 0.05) is 17.3 Å². The van der Waals surface area contributed by atoms with E-state index in [1.54, 1.807) is 18.2 Å². The maximum absolute atomic E-state index is 13.6. The molecule has 1 atom stereocenters. The summed E-state index contributed by atoms with van der Waals surface area (Å²) in [7, 11) is 3.03. The highest BCUT2D eigenvalue weighted by molar-refractivity contribution is 7.39. The van der Waals surface area contributed by atoms with Crippen LogP contribution in [0.5, 0.6) is 0 Å². The van der Waals surface area contributed by atoms with Crippen molar-refractivity contribution >= 4 is 49.3 Å². The van der Waals surface area contributed by atoms with Gasteiger partial charge in [-0.25, -0.2) is 4.79 Å². The van der Waals surface area contributed by atoms with Crippen molar-refractivity contribution in [1.29, 1.82) is 0 Å². The number of benzene rings is 3. The van der Waals surface area contributed by atoms with Crippen LogP contribution >= 0.6 is 8.20 Å². The zero-order chi connectivity index (χ0) is 28.1. The SMILES string of the molecule is C/C=C(\C=PCc1ccccc1CC)c1oc2c(C(C)[B]c3ccccc3C(=O)O)cc(C)cc2c(=O)c1C. The number of carboxylic acid groups (broad SMARTS) is 1. The highest BCUT2D eigenvalue weighted by Gasteiger charge is 2.21. The Kier molecular flexibility index (Phi) is 9.04. The molecule has 0 saturated carbocycles. The quantitative estimate of drug-likeness (QED) is 0.183. The lowest BCUT2D eigenvalue weighted by Gasteiger charge is -2.17. The molecule has 4 nitrogen and oxygen atoms in total. The zero-order valence-electron chi connectivity index (χ0n) is 23.1. The average molecular weight is 535 g/mol.